The molecule has 0 bridgehead atoms. The van der Waals surface area contributed by atoms with Crippen LogP contribution < -0.4 is 5.32 Å². The largest absolute Gasteiger partial charge is 0.468 e. The predicted molar refractivity (Wildman–Crippen MR) is 81.6 cm³/mol. The number of halogens is 1. The summed E-state index contributed by atoms with van der Waals surface area (Å²) in [5, 5.41) is 13.4. The number of anilines is 1. The summed E-state index contributed by atoms with van der Waals surface area (Å²) < 4.78 is 5.15. The lowest BCUT2D eigenvalue weighted by Crippen LogP contribution is -2.14. The first-order valence-electron chi connectivity index (χ1n) is 5.90. The normalized spacial score (nSPS) is 10.3. The average Bonchev–Trinajstić information content (AvgIpc) is 2.94. The molecule has 0 aliphatic rings. The lowest BCUT2D eigenvalue weighted by Gasteiger charge is -2.05. The van der Waals surface area contributed by atoms with Gasteiger partial charge in [-0.1, -0.05) is 11.6 Å². The van der Waals surface area contributed by atoms with E-state index in [-0.39, 0.29) is 22.4 Å². The van der Waals surface area contributed by atoms with Gasteiger partial charge in [-0.3, -0.25) is 14.9 Å². The molecule has 2 rings (SSSR count). The fourth-order valence-corrected chi connectivity index (χ4v) is 2.48. The highest BCUT2D eigenvalue weighted by Gasteiger charge is 2.13. The maximum Gasteiger partial charge on any atom is 0.289 e. The SMILES string of the molecule is O=C(CSCc1ccco1)Nc1ccc(Cl)c([N+](=O)[O-])c1. The number of benzene rings is 1. The number of hydrogen-bond donors (Lipinski definition) is 1. The third-order valence-electron chi connectivity index (χ3n) is 2.48. The minimum absolute atomic E-state index is 0.0326. The van der Waals surface area contributed by atoms with Gasteiger partial charge in [-0.05, 0) is 24.3 Å². The van der Waals surface area contributed by atoms with Crippen LogP contribution in [0.4, 0.5) is 11.4 Å². The van der Waals surface area contributed by atoms with E-state index in [4.69, 9.17) is 16.0 Å². The highest BCUT2D eigenvalue weighted by atomic mass is 35.5. The molecule has 0 spiro atoms. The van der Waals surface area contributed by atoms with Gasteiger partial charge in [0.05, 0.1) is 22.7 Å². The summed E-state index contributed by atoms with van der Waals surface area (Å²) in [6.45, 7) is 0. The second-order valence-corrected chi connectivity index (χ2v) is 5.44. The van der Waals surface area contributed by atoms with Crippen molar-refractivity contribution in [2.45, 2.75) is 5.75 Å². The van der Waals surface area contributed by atoms with Crippen molar-refractivity contribution in [3.63, 3.8) is 0 Å². The highest BCUT2D eigenvalue weighted by Crippen LogP contribution is 2.27. The van der Waals surface area contributed by atoms with E-state index < -0.39 is 4.92 Å². The van der Waals surface area contributed by atoms with E-state index in [1.54, 1.807) is 12.3 Å². The van der Waals surface area contributed by atoms with Gasteiger partial charge in [-0.2, -0.15) is 0 Å². The van der Waals surface area contributed by atoms with Crippen molar-refractivity contribution in [2.24, 2.45) is 0 Å². The second kappa shape index (κ2) is 7.14. The van der Waals surface area contributed by atoms with Crippen LogP contribution in [0, 0.1) is 10.1 Å². The molecule has 0 fully saturated rings. The van der Waals surface area contributed by atoms with Crippen LogP contribution in [0.5, 0.6) is 0 Å². The maximum atomic E-state index is 11.7. The minimum atomic E-state index is -0.594. The fourth-order valence-electron chi connectivity index (χ4n) is 1.57. The summed E-state index contributed by atoms with van der Waals surface area (Å²) in [7, 11) is 0. The molecule has 0 atom stereocenters. The fraction of sp³-hybridized carbons (Fsp3) is 0.154. The molecule has 1 heterocycles. The monoisotopic (exact) mass is 326 g/mol. The summed E-state index contributed by atoms with van der Waals surface area (Å²) in [5.74, 6) is 1.34. The number of furan rings is 1. The number of nitrogens with zero attached hydrogens (tertiary/aromatic N) is 1. The Morgan fingerprint density at radius 2 is 2.24 bits per heavy atom. The van der Waals surface area contributed by atoms with Gasteiger partial charge in [0.2, 0.25) is 5.91 Å². The molecule has 1 N–H and O–H groups in total. The molecule has 0 saturated heterocycles. The van der Waals surface area contributed by atoms with Gasteiger partial charge in [0.1, 0.15) is 10.8 Å². The Kier molecular flexibility index (Phi) is 5.24. The lowest BCUT2D eigenvalue weighted by atomic mass is 10.3. The molecule has 0 saturated carbocycles. The molecule has 0 unspecified atom stereocenters. The Balaban J connectivity index is 1.87. The summed E-state index contributed by atoms with van der Waals surface area (Å²) in [5.41, 5.74) is 0.104. The summed E-state index contributed by atoms with van der Waals surface area (Å²) >= 11 is 7.09. The van der Waals surface area contributed by atoms with Crippen molar-refractivity contribution >= 4 is 40.6 Å². The molecule has 1 amide bonds. The van der Waals surface area contributed by atoms with E-state index in [9.17, 15) is 14.9 Å². The minimum Gasteiger partial charge on any atom is -0.468 e. The third-order valence-corrected chi connectivity index (χ3v) is 3.76. The van der Waals surface area contributed by atoms with Gasteiger partial charge in [0, 0.05) is 11.8 Å². The lowest BCUT2D eigenvalue weighted by molar-refractivity contribution is -0.384. The van der Waals surface area contributed by atoms with Crippen LogP contribution in [-0.4, -0.2) is 16.6 Å². The molecular weight excluding hydrogens is 316 g/mol. The summed E-state index contributed by atoms with van der Waals surface area (Å²) in [6, 6.07) is 7.74. The number of nitro benzene ring substituents is 1. The number of carbonyl (C=O) groups excluding carboxylic acids is 1. The van der Waals surface area contributed by atoms with Gasteiger partial charge >= 0.3 is 0 Å². The van der Waals surface area contributed by atoms with Crippen molar-refractivity contribution in [3.8, 4) is 0 Å². The molecule has 8 heteroatoms. The molecule has 1 aromatic heterocycles. The van der Waals surface area contributed by atoms with Gasteiger partial charge < -0.3 is 9.73 Å². The first-order valence-corrected chi connectivity index (χ1v) is 7.43. The van der Waals surface area contributed by atoms with Crippen molar-refractivity contribution < 1.29 is 14.1 Å². The van der Waals surface area contributed by atoms with E-state index in [1.807, 2.05) is 6.07 Å². The standard InChI is InChI=1S/C13H11ClN2O4S/c14-11-4-3-9(6-12(11)16(18)19)15-13(17)8-21-7-10-2-1-5-20-10/h1-6H,7-8H2,(H,15,17). The smallest absolute Gasteiger partial charge is 0.289 e. The second-order valence-electron chi connectivity index (χ2n) is 4.04. The van der Waals surface area contributed by atoms with Gasteiger partial charge in [0.15, 0.2) is 0 Å². The molecule has 110 valence electrons. The van der Waals surface area contributed by atoms with Crippen LogP contribution in [-0.2, 0) is 10.5 Å². The molecule has 1 aromatic carbocycles. The summed E-state index contributed by atoms with van der Waals surface area (Å²) in [4.78, 5) is 21.9. The van der Waals surface area contributed by atoms with Crippen LogP contribution in [0.25, 0.3) is 0 Å². The zero-order valence-electron chi connectivity index (χ0n) is 10.7. The zero-order chi connectivity index (χ0) is 15.2. The van der Waals surface area contributed by atoms with Gasteiger partial charge in [-0.25, -0.2) is 0 Å². The van der Waals surface area contributed by atoms with E-state index in [0.29, 0.717) is 11.4 Å². The molecule has 6 nitrogen and oxygen atoms in total. The van der Waals surface area contributed by atoms with E-state index in [2.05, 4.69) is 5.32 Å². The molecule has 0 radical (unpaired) electrons. The zero-order valence-corrected chi connectivity index (χ0v) is 12.3. The van der Waals surface area contributed by atoms with Crippen molar-refractivity contribution in [1.82, 2.24) is 0 Å². The Bertz CT molecular complexity index is 646. The number of rotatable bonds is 6. The topological polar surface area (TPSA) is 85.4 Å². The Morgan fingerprint density at radius 1 is 1.43 bits per heavy atom. The van der Waals surface area contributed by atoms with Crippen LogP contribution in [0.15, 0.2) is 41.0 Å². The first kappa shape index (κ1) is 15.4. The Labute approximate surface area is 129 Å². The predicted octanol–water partition coefficient (Wildman–Crippen LogP) is 3.71. The quantitative estimate of drug-likeness (QED) is 0.646. The van der Waals surface area contributed by atoms with Crippen molar-refractivity contribution in [3.05, 3.63) is 57.5 Å². The Morgan fingerprint density at radius 3 is 2.90 bits per heavy atom. The van der Waals surface area contributed by atoms with E-state index in [0.717, 1.165) is 5.76 Å². The van der Waals surface area contributed by atoms with Gasteiger partial charge in [-0.15, -0.1) is 11.8 Å². The summed E-state index contributed by atoms with van der Waals surface area (Å²) in [6.07, 6.45) is 1.57. The number of nitrogens with one attached hydrogen (secondary N) is 1. The van der Waals surface area contributed by atoms with Gasteiger partial charge in [0.25, 0.3) is 5.69 Å². The van der Waals surface area contributed by atoms with Crippen molar-refractivity contribution in [2.75, 3.05) is 11.1 Å². The highest BCUT2D eigenvalue weighted by molar-refractivity contribution is 7.99. The third kappa shape index (κ3) is 4.51. The average molecular weight is 327 g/mol. The van der Waals surface area contributed by atoms with Crippen LogP contribution in [0.2, 0.25) is 5.02 Å². The molecule has 0 aliphatic heterocycles. The van der Waals surface area contributed by atoms with Crippen LogP contribution >= 0.6 is 23.4 Å². The molecule has 2 aromatic rings. The van der Waals surface area contributed by atoms with Crippen molar-refractivity contribution in [1.29, 1.82) is 0 Å². The number of nitro groups is 1. The number of hydrogen-bond acceptors (Lipinski definition) is 5. The number of thioether (sulfide) groups is 1. The number of amides is 1. The molecule has 21 heavy (non-hydrogen) atoms. The maximum absolute atomic E-state index is 11.7. The van der Waals surface area contributed by atoms with Crippen LogP contribution in [0.3, 0.4) is 0 Å². The molecule has 0 aliphatic carbocycles. The Hall–Kier alpha value is -1.99. The van der Waals surface area contributed by atoms with Crippen LogP contribution in [0.1, 0.15) is 5.76 Å². The first-order chi connectivity index (χ1) is 10.1. The van der Waals surface area contributed by atoms with E-state index in [1.165, 1.54) is 30.0 Å². The number of carbonyl (C=O) groups is 1. The molecular formula is C13H11ClN2O4S. The van der Waals surface area contributed by atoms with E-state index >= 15 is 0 Å².